The zero-order valence-corrected chi connectivity index (χ0v) is 24.6. The summed E-state index contributed by atoms with van der Waals surface area (Å²) in [6.45, 7) is 1.74. The van der Waals surface area contributed by atoms with E-state index in [1.807, 2.05) is 38.0 Å². The molecule has 0 aliphatic carbocycles. The number of nitrogens with zero attached hydrogens (tertiary/aromatic N) is 6. The van der Waals surface area contributed by atoms with E-state index in [1.54, 1.807) is 42.6 Å². The Hall–Kier alpha value is -3.37. The molecule has 39 heavy (non-hydrogen) atoms. The molecule has 1 aromatic carbocycles. The molecule has 10 nitrogen and oxygen atoms in total. The van der Waals surface area contributed by atoms with Gasteiger partial charge in [-0.05, 0) is 36.4 Å². The van der Waals surface area contributed by atoms with Crippen molar-refractivity contribution in [3.05, 3.63) is 63.6 Å². The number of aromatic nitrogens is 1. The van der Waals surface area contributed by atoms with E-state index in [0.717, 1.165) is 33.4 Å². The summed E-state index contributed by atoms with van der Waals surface area (Å²) in [6.07, 6.45) is 1.57. The van der Waals surface area contributed by atoms with Crippen molar-refractivity contribution >= 4 is 56.1 Å². The van der Waals surface area contributed by atoms with Crippen molar-refractivity contribution in [2.24, 2.45) is 0 Å². The molecule has 0 radical (unpaired) electrons. The number of rotatable bonds is 8. The minimum absolute atomic E-state index is 0.224. The van der Waals surface area contributed by atoms with Crippen LogP contribution >= 0.6 is 22.9 Å². The molecule has 1 saturated heterocycles. The highest BCUT2D eigenvalue weighted by Gasteiger charge is 2.32. The summed E-state index contributed by atoms with van der Waals surface area (Å²) < 4.78 is 28.5. The lowest BCUT2D eigenvalue weighted by atomic mass is 10.1. The van der Waals surface area contributed by atoms with Crippen molar-refractivity contribution in [3.8, 4) is 6.07 Å². The first-order valence-corrected chi connectivity index (χ1v) is 14.8. The van der Waals surface area contributed by atoms with Gasteiger partial charge in [0.25, 0.3) is 15.9 Å². The lowest BCUT2D eigenvalue weighted by Crippen LogP contribution is -2.49. The van der Waals surface area contributed by atoms with E-state index in [9.17, 15) is 18.5 Å². The fourth-order valence-electron chi connectivity index (χ4n) is 4.39. The Kier molecular flexibility index (Phi) is 8.66. The first kappa shape index (κ1) is 28.6. The number of pyridine rings is 1. The molecule has 1 aliphatic heterocycles. The second-order valence-corrected chi connectivity index (χ2v) is 13.2. The molecule has 3 heterocycles. The largest absolute Gasteiger partial charge is 0.375 e. The summed E-state index contributed by atoms with van der Waals surface area (Å²) in [5, 5.41) is 12.9. The van der Waals surface area contributed by atoms with Gasteiger partial charge in [0.15, 0.2) is 5.82 Å². The van der Waals surface area contributed by atoms with Crippen LogP contribution < -0.4 is 20.0 Å². The third kappa shape index (κ3) is 6.12. The molecule has 3 aromatic rings. The van der Waals surface area contributed by atoms with Crippen molar-refractivity contribution < 1.29 is 13.2 Å². The molecule has 206 valence electrons. The molecular formula is C26H30ClN7O3S2. The van der Waals surface area contributed by atoms with Crippen LogP contribution in [0.4, 0.5) is 17.2 Å². The second kappa shape index (κ2) is 11.8. The summed E-state index contributed by atoms with van der Waals surface area (Å²) in [4.78, 5) is 23.6. The Bertz CT molecular complexity index is 1490. The van der Waals surface area contributed by atoms with E-state index >= 15 is 0 Å². The molecule has 0 atom stereocenters. The maximum atomic E-state index is 13.4. The molecule has 1 fully saturated rings. The van der Waals surface area contributed by atoms with Crippen molar-refractivity contribution in [3.63, 3.8) is 0 Å². The predicted octanol–water partition coefficient (Wildman–Crippen LogP) is 3.24. The van der Waals surface area contributed by atoms with Crippen LogP contribution in [0.2, 0.25) is 5.02 Å². The number of halogens is 1. The highest BCUT2D eigenvalue weighted by atomic mass is 35.5. The number of nitriles is 1. The number of hydrogen-bond acceptors (Lipinski definition) is 9. The average Bonchev–Trinajstić information content (AvgIpc) is 3.41. The van der Waals surface area contributed by atoms with Gasteiger partial charge in [0.2, 0.25) is 0 Å². The number of nitrogens with one attached hydrogen (secondary N) is 1. The number of hydrogen-bond donors (Lipinski definition) is 1. The number of sulfonamides is 1. The molecule has 0 unspecified atom stereocenters. The Morgan fingerprint density at radius 2 is 1.69 bits per heavy atom. The van der Waals surface area contributed by atoms with Crippen LogP contribution in [0, 0.1) is 11.3 Å². The average molecular weight is 588 g/mol. The van der Waals surface area contributed by atoms with Crippen LogP contribution in [0.3, 0.4) is 0 Å². The number of piperazine rings is 1. The monoisotopic (exact) mass is 587 g/mol. The number of thiophene rings is 1. The molecule has 13 heteroatoms. The van der Waals surface area contributed by atoms with Crippen LogP contribution in [-0.2, 0) is 16.6 Å². The quantitative estimate of drug-likeness (QED) is 0.427. The molecule has 4 rings (SSSR count). The predicted molar refractivity (Wildman–Crippen MR) is 156 cm³/mol. The van der Waals surface area contributed by atoms with Gasteiger partial charge < -0.3 is 20.0 Å². The Labute approximate surface area is 238 Å². The van der Waals surface area contributed by atoms with E-state index in [4.69, 9.17) is 11.6 Å². The van der Waals surface area contributed by atoms with Gasteiger partial charge in [-0.15, -0.1) is 11.3 Å². The van der Waals surface area contributed by atoms with E-state index in [1.165, 1.54) is 4.31 Å². The molecule has 1 amide bonds. The van der Waals surface area contributed by atoms with Gasteiger partial charge in [0, 0.05) is 76.0 Å². The summed E-state index contributed by atoms with van der Waals surface area (Å²) in [6, 6.07) is 12.1. The number of carbonyl (C=O) groups is 1. The topological polar surface area (TPSA) is 113 Å². The molecule has 0 saturated carbocycles. The molecule has 0 bridgehead atoms. The van der Waals surface area contributed by atoms with E-state index in [-0.39, 0.29) is 16.7 Å². The van der Waals surface area contributed by atoms with Gasteiger partial charge >= 0.3 is 0 Å². The lowest BCUT2D eigenvalue weighted by molar-refractivity contribution is 0.0951. The third-order valence-corrected chi connectivity index (χ3v) is 10.0. The van der Waals surface area contributed by atoms with Gasteiger partial charge in [-0.3, -0.25) is 4.79 Å². The fraction of sp³-hybridized carbons (Fsp3) is 0.346. The van der Waals surface area contributed by atoms with Crippen molar-refractivity contribution in [1.29, 1.82) is 5.26 Å². The summed E-state index contributed by atoms with van der Waals surface area (Å²) in [7, 11) is 3.89. The van der Waals surface area contributed by atoms with Crippen LogP contribution in [0.5, 0.6) is 0 Å². The van der Waals surface area contributed by atoms with Crippen LogP contribution in [0.1, 0.15) is 20.8 Å². The number of benzene rings is 1. The summed E-state index contributed by atoms with van der Waals surface area (Å²) >= 11 is 7.03. The highest BCUT2D eigenvalue weighted by molar-refractivity contribution is 7.91. The summed E-state index contributed by atoms with van der Waals surface area (Å²) in [5.74, 6) is 0.459. The van der Waals surface area contributed by atoms with Crippen molar-refractivity contribution in [2.45, 2.75) is 10.8 Å². The zero-order valence-electron chi connectivity index (χ0n) is 22.2. The molecule has 2 aromatic heterocycles. The molecular weight excluding hydrogens is 558 g/mol. The van der Waals surface area contributed by atoms with Gasteiger partial charge in [0.05, 0.1) is 17.8 Å². The minimum Gasteiger partial charge on any atom is -0.375 e. The highest BCUT2D eigenvalue weighted by Crippen LogP contribution is 2.38. The summed E-state index contributed by atoms with van der Waals surface area (Å²) in [5.41, 5.74) is 2.55. The molecule has 1 aliphatic rings. The Balaban J connectivity index is 1.43. The molecule has 0 spiro atoms. The maximum absolute atomic E-state index is 13.4. The Morgan fingerprint density at radius 3 is 2.28 bits per heavy atom. The first-order chi connectivity index (χ1) is 18.5. The standard InChI is InChI=1S/C26H30ClN7O3S2/c1-31(2)23-19(15-28)16-29-25(24(23)32(3)4)33-11-13-34(14-12-33)39(36,37)22-10-9-21(38-22)17-30-26(35)18-5-7-20(27)8-6-18/h5-10,16H,11-14,17H2,1-4H3,(H,30,35). The number of amides is 1. The van der Waals surface area contributed by atoms with Gasteiger partial charge in [-0.2, -0.15) is 9.57 Å². The minimum atomic E-state index is -3.69. The van der Waals surface area contributed by atoms with E-state index in [2.05, 4.69) is 21.3 Å². The van der Waals surface area contributed by atoms with E-state index in [0.29, 0.717) is 42.3 Å². The first-order valence-electron chi connectivity index (χ1n) is 12.2. The van der Waals surface area contributed by atoms with Gasteiger partial charge in [0.1, 0.15) is 16.0 Å². The van der Waals surface area contributed by atoms with Crippen LogP contribution in [-0.4, -0.2) is 78.0 Å². The van der Waals surface area contributed by atoms with Crippen LogP contribution in [0.15, 0.2) is 46.8 Å². The smallest absolute Gasteiger partial charge is 0.252 e. The molecule has 1 N–H and O–H groups in total. The second-order valence-electron chi connectivity index (χ2n) is 9.39. The zero-order chi connectivity index (χ0) is 28.3. The van der Waals surface area contributed by atoms with E-state index < -0.39 is 10.0 Å². The lowest BCUT2D eigenvalue weighted by Gasteiger charge is -2.37. The van der Waals surface area contributed by atoms with Crippen LogP contribution in [0.25, 0.3) is 0 Å². The number of anilines is 3. The van der Waals surface area contributed by atoms with Crippen molar-refractivity contribution in [1.82, 2.24) is 14.6 Å². The Morgan fingerprint density at radius 1 is 1.05 bits per heavy atom. The van der Waals surface area contributed by atoms with Gasteiger partial charge in [-0.25, -0.2) is 13.4 Å². The third-order valence-electron chi connectivity index (χ3n) is 6.32. The van der Waals surface area contributed by atoms with Crippen molar-refractivity contribution in [2.75, 3.05) is 69.1 Å². The van der Waals surface area contributed by atoms with Gasteiger partial charge in [-0.1, -0.05) is 11.6 Å². The maximum Gasteiger partial charge on any atom is 0.252 e. The fourth-order valence-corrected chi connectivity index (χ4v) is 7.39. The number of carbonyl (C=O) groups excluding carboxylic acids is 1. The SMILES string of the molecule is CN(C)c1c(C#N)cnc(N2CCN(S(=O)(=O)c3ccc(CNC(=O)c4ccc(Cl)cc4)s3)CC2)c1N(C)C. The normalized spacial score (nSPS) is 14.1.